The number of esters is 1. The number of ether oxygens (including phenoxy) is 1. The zero-order valence-corrected chi connectivity index (χ0v) is 11.8. The van der Waals surface area contributed by atoms with Gasteiger partial charge in [-0.1, -0.05) is 67.2 Å². The van der Waals surface area contributed by atoms with Gasteiger partial charge in [0.05, 0.1) is 0 Å². The fraction of sp³-hybridized carbons (Fsp3) is 0.111. The number of rotatable bonds is 5. The second kappa shape index (κ2) is 6.66. The molecule has 0 aliphatic rings. The van der Waals surface area contributed by atoms with Gasteiger partial charge in [0.1, 0.15) is 0 Å². The van der Waals surface area contributed by atoms with E-state index in [1.807, 2.05) is 12.1 Å². The molecule has 21 heavy (non-hydrogen) atoms. The maximum atomic E-state index is 12.6. The first kappa shape index (κ1) is 14.7. The molecule has 0 spiro atoms. The molecule has 3 heteroatoms. The second-order valence-electron chi connectivity index (χ2n) is 4.71. The molecule has 0 N–H and O–H groups in total. The van der Waals surface area contributed by atoms with E-state index in [-0.39, 0.29) is 11.4 Å². The van der Waals surface area contributed by atoms with Crippen LogP contribution in [0, 0.1) is 0 Å². The molecule has 1 unspecified atom stereocenters. The number of hydrogen-bond donors (Lipinski definition) is 0. The van der Waals surface area contributed by atoms with Gasteiger partial charge < -0.3 is 4.74 Å². The maximum Gasteiger partial charge on any atom is 0.334 e. The molecule has 0 aliphatic heterocycles. The molecule has 2 rings (SSSR count). The number of benzene rings is 2. The van der Waals surface area contributed by atoms with Crippen LogP contribution in [0.3, 0.4) is 0 Å². The van der Waals surface area contributed by atoms with Crippen molar-refractivity contribution in [2.45, 2.75) is 13.0 Å². The Bertz CT molecular complexity index is 645. The third-order valence-corrected chi connectivity index (χ3v) is 2.97. The molecule has 106 valence electrons. The van der Waals surface area contributed by atoms with Gasteiger partial charge in [-0.15, -0.1) is 0 Å². The highest BCUT2D eigenvalue weighted by Crippen LogP contribution is 2.23. The van der Waals surface area contributed by atoms with Gasteiger partial charge in [0, 0.05) is 16.7 Å². The summed E-state index contributed by atoms with van der Waals surface area (Å²) in [6, 6.07) is 17.7. The predicted molar refractivity (Wildman–Crippen MR) is 80.9 cm³/mol. The van der Waals surface area contributed by atoms with E-state index in [0.717, 1.165) is 0 Å². The standard InChI is InChI=1S/C18H16O3/c1-13(2)18(20)21-17(15-11-7-4-8-12-15)16(19)14-9-5-3-6-10-14/h3-12,17H,1H2,2H3. The Balaban J connectivity index is 2.34. The van der Waals surface area contributed by atoms with Crippen molar-refractivity contribution in [3.05, 3.63) is 83.9 Å². The molecular formula is C18H16O3. The average Bonchev–Trinajstić information content (AvgIpc) is 2.53. The normalized spacial score (nSPS) is 11.5. The lowest BCUT2D eigenvalue weighted by molar-refractivity contribution is -0.142. The Labute approximate surface area is 123 Å². The average molecular weight is 280 g/mol. The molecule has 0 amide bonds. The highest BCUT2D eigenvalue weighted by Gasteiger charge is 2.26. The van der Waals surface area contributed by atoms with Crippen molar-refractivity contribution in [3.8, 4) is 0 Å². The summed E-state index contributed by atoms with van der Waals surface area (Å²) in [6.07, 6.45) is -0.960. The summed E-state index contributed by atoms with van der Waals surface area (Å²) in [7, 11) is 0. The van der Waals surface area contributed by atoms with Crippen LogP contribution in [-0.2, 0) is 9.53 Å². The van der Waals surface area contributed by atoms with Crippen LogP contribution in [0.25, 0.3) is 0 Å². The predicted octanol–water partition coefficient (Wildman–Crippen LogP) is 3.73. The van der Waals surface area contributed by atoms with Crippen molar-refractivity contribution >= 4 is 11.8 Å². The summed E-state index contributed by atoms with van der Waals surface area (Å²) < 4.78 is 5.33. The Morgan fingerprint density at radius 3 is 2.00 bits per heavy atom. The minimum atomic E-state index is -0.960. The lowest BCUT2D eigenvalue weighted by atomic mass is 10.00. The number of carbonyl (C=O) groups is 2. The molecule has 2 aromatic carbocycles. The van der Waals surface area contributed by atoms with Crippen molar-refractivity contribution in [1.29, 1.82) is 0 Å². The zero-order valence-electron chi connectivity index (χ0n) is 11.8. The van der Waals surface area contributed by atoms with Crippen molar-refractivity contribution in [1.82, 2.24) is 0 Å². The molecule has 1 atom stereocenters. The van der Waals surface area contributed by atoms with Crippen molar-refractivity contribution < 1.29 is 14.3 Å². The summed E-state index contributed by atoms with van der Waals surface area (Å²) in [5.41, 5.74) is 1.40. The Morgan fingerprint density at radius 2 is 1.48 bits per heavy atom. The van der Waals surface area contributed by atoms with Gasteiger partial charge in [0.25, 0.3) is 0 Å². The van der Waals surface area contributed by atoms with Gasteiger partial charge >= 0.3 is 5.97 Å². The van der Waals surface area contributed by atoms with Gasteiger partial charge in [-0.3, -0.25) is 4.79 Å². The van der Waals surface area contributed by atoms with E-state index in [4.69, 9.17) is 4.74 Å². The van der Waals surface area contributed by atoms with Crippen molar-refractivity contribution in [2.24, 2.45) is 0 Å². The molecule has 0 bridgehead atoms. The molecular weight excluding hydrogens is 264 g/mol. The van der Waals surface area contributed by atoms with Crippen LogP contribution in [0.2, 0.25) is 0 Å². The monoisotopic (exact) mass is 280 g/mol. The third kappa shape index (κ3) is 3.66. The molecule has 0 saturated carbocycles. The molecule has 2 aromatic rings. The van der Waals surface area contributed by atoms with Crippen LogP contribution >= 0.6 is 0 Å². The highest BCUT2D eigenvalue weighted by molar-refractivity contribution is 6.01. The van der Waals surface area contributed by atoms with E-state index >= 15 is 0 Å². The molecule has 0 aliphatic carbocycles. The lowest BCUT2D eigenvalue weighted by Gasteiger charge is -2.17. The first-order valence-electron chi connectivity index (χ1n) is 6.60. The van der Waals surface area contributed by atoms with E-state index in [1.165, 1.54) is 0 Å². The Morgan fingerprint density at radius 1 is 0.952 bits per heavy atom. The van der Waals surface area contributed by atoms with E-state index in [9.17, 15) is 9.59 Å². The van der Waals surface area contributed by atoms with Gasteiger partial charge in [-0.25, -0.2) is 4.79 Å². The van der Waals surface area contributed by atoms with Crippen LogP contribution in [-0.4, -0.2) is 11.8 Å². The van der Waals surface area contributed by atoms with E-state index in [1.54, 1.807) is 55.5 Å². The maximum absolute atomic E-state index is 12.6. The molecule has 3 nitrogen and oxygen atoms in total. The fourth-order valence-electron chi connectivity index (χ4n) is 1.86. The minimum Gasteiger partial charge on any atom is -0.446 e. The molecule has 0 radical (unpaired) electrons. The lowest BCUT2D eigenvalue weighted by Crippen LogP contribution is -2.20. The molecule has 0 saturated heterocycles. The SMILES string of the molecule is C=C(C)C(=O)OC(C(=O)c1ccccc1)c1ccccc1. The van der Waals surface area contributed by atoms with E-state index in [0.29, 0.717) is 11.1 Å². The Kier molecular flexibility index (Phi) is 4.67. The minimum absolute atomic E-state index is 0.253. The van der Waals surface area contributed by atoms with Gasteiger partial charge in [-0.05, 0) is 6.92 Å². The van der Waals surface area contributed by atoms with Crippen LogP contribution in [0.1, 0.15) is 28.9 Å². The molecule has 0 aromatic heterocycles. The number of carbonyl (C=O) groups excluding carboxylic acids is 2. The number of hydrogen-bond acceptors (Lipinski definition) is 3. The smallest absolute Gasteiger partial charge is 0.334 e. The number of Topliss-reactive ketones (excluding diaryl/α,β-unsaturated/α-hetero) is 1. The molecule has 0 fully saturated rings. The first-order chi connectivity index (χ1) is 10.1. The highest BCUT2D eigenvalue weighted by atomic mass is 16.5. The Hall–Kier alpha value is -2.68. The van der Waals surface area contributed by atoms with Crippen LogP contribution < -0.4 is 0 Å². The summed E-state index contributed by atoms with van der Waals surface area (Å²) in [5, 5.41) is 0. The summed E-state index contributed by atoms with van der Waals surface area (Å²) in [4.78, 5) is 24.4. The fourth-order valence-corrected chi connectivity index (χ4v) is 1.86. The van der Waals surface area contributed by atoms with Crippen molar-refractivity contribution in [3.63, 3.8) is 0 Å². The number of ketones is 1. The van der Waals surface area contributed by atoms with Crippen LogP contribution in [0.15, 0.2) is 72.8 Å². The van der Waals surface area contributed by atoms with Gasteiger partial charge in [-0.2, -0.15) is 0 Å². The summed E-state index contributed by atoms with van der Waals surface area (Å²) in [6.45, 7) is 5.10. The van der Waals surface area contributed by atoms with E-state index in [2.05, 4.69) is 6.58 Å². The summed E-state index contributed by atoms with van der Waals surface area (Å²) >= 11 is 0. The largest absolute Gasteiger partial charge is 0.446 e. The van der Waals surface area contributed by atoms with Crippen LogP contribution in [0.4, 0.5) is 0 Å². The van der Waals surface area contributed by atoms with Crippen LogP contribution in [0.5, 0.6) is 0 Å². The third-order valence-electron chi connectivity index (χ3n) is 2.97. The zero-order chi connectivity index (χ0) is 15.2. The first-order valence-corrected chi connectivity index (χ1v) is 6.60. The second-order valence-corrected chi connectivity index (χ2v) is 4.71. The topological polar surface area (TPSA) is 43.4 Å². The summed E-state index contributed by atoms with van der Waals surface area (Å²) in [5.74, 6) is -0.829. The molecule has 0 heterocycles. The van der Waals surface area contributed by atoms with Crippen molar-refractivity contribution in [2.75, 3.05) is 0 Å². The quantitative estimate of drug-likeness (QED) is 0.476. The van der Waals surface area contributed by atoms with Gasteiger partial charge in [0.15, 0.2) is 6.10 Å². The van der Waals surface area contributed by atoms with E-state index < -0.39 is 12.1 Å². The van der Waals surface area contributed by atoms with Gasteiger partial charge in [0.2, 0.25) is 5.78 Å².